The van der Waals surface area contributed by atoms with Gasteiger partial charge in [0.25, 0.3) is 0 Å². The minimum Gasteiger partial charge on any atom is -0.493 e. The minimum absolute atomic E-state index is 0.0501. The number of nitrogens with zero attached hydrogens (tertiary/aromatic N) is 2. The first-order valence-electron chi connectivity index (χ1n) is 9.60. The van der Waals surface area contributed by atoms with Gasteiger partial charge in [0.1, 0.15) is 5.75 Å². The molecule has 2 saturated heterocycles. The van der Waals surface area contributed by atoms with Gasteiger partial charge in [-0.15, -0.1) is 0 Å². The lowest BCUT2D eigenvalue weighted by atomic mass is 9.92. The summed E-state index contributed by atoms with van der Waals surface area (Å²) in [7, 11) is 0. The predicted octanol–water partition coefficient (Wildman–Crippen LogP) is 2.12. The van der Waals surface area contributed by atoms with Crippen LogP contribution in [0.2, 0.25) is 0 Å². The molecule has 136 valence electrons. The SMILES string of the molecule is CC[C@@H]1CN(C(=O)[C@H]2CCOc3ccccc32)C[C@H]1N1CCOCC1. The highest BCUT2D eigenvalue weighted by Crippen LogP contribution is 2.36. The fraction of sp³-hybridized carbons (Fsp3) is 0.650. The smallest absolute Gasteiger partial charge is 0.230 e. The van der Waals surface area contributed by atoms with Crippen molar-refractivity contribution in [2.75, 3.05) is 46.0 Å². The summed E-state index contributed by atoms with van der Waals surface area (Å²) in [5.74, 6) is 1.68. The molecule has 4 rings (SSSR count). The van der Waals surface area contributed by atoms with Gasteiger partial charge in [-0.3, -0.25) is 9.69 Å². The Balaban J connectivity index is 1.49. The summed E-state index contributed by atoms with van der Waals surface area (Å²) in [5.41, 5.74) is 1.06. The molecule has 0 aromatic heterocycles. The Labute approximate surface area is 149 Å². The summed E-state index contributed by atoms with van der Waals surface area (Å²) in [5, 5.41) is 0. The van der Waals surface area contributed by atoms with Gasteiger partial charge in [-0.05, 0) is 18.4 Å². The maximum atomic E-state index is 13.3. The molecule has 3 aliphatic rings. The number of amides is 1. The standard InChI is InChI=1S/C20H28N2O3/c1-2-15-13-22(14-18(15)21-8-11-24-12-9-21)20(23)17-7-10-25-19-6-4-3-5-16(17)19/h3-6,15,17-18H,2,7-14H2,1H3/t15-,17+,18-/m1/s1. The van der Waals surface area contributed by atoms with Gasteiger partial charge >= 0.3 is 0 Å². The topological polar surface area (TPSA) is 42.0 Å². The second-order valence-corrected chi connectivity index (χ2v) is 7.35. The molecule has 0 radical (unpaired) electrons. The Morgan fingerprint density at radius 3 is 2.76 bits per heavy atom. The largest absolute Gasteiger partial charge is 0.493 e. The van der Waals surface area contributed by atoms with Crippen molar-refractivity contribution in [2.45, 2.75) is 31.7 Å². The highest BCUT2D eigenvalue weighted by atomic mass is 16.5. The van der Waals surface area contributed by atoms with E-state index < -0.39 is 0 Å². The molecule has 5 heteroatoms. The maximum absolute atomic E-state index is 13.3. The highest BCUT2D eigenvalue weighted by Gasteiger charge is 2.41. The van der Waals surface area contributed by atoms with E-state index in [-0.39, 0.29) is 11.8 Å². The lowest BCUT2D eigenvalue weighted by molar-refractivity contribution is -0.132. The average Bonchev–Trinajstić information content (AvgIpc) is 3.12. The zero-order valence-corrected chi connectivity index (χ0v) is 15.0. The molecule has 1 aromatic carbocycles. The van der Waals surface area contributed by atoms with Crippen molar-refractivity contribution in [1.82, 2.24) is 9.80 Å². The minimum atomic E-state index is -0.0501. The first-order valence-corrected chi connectivity index (χ1v) is 9.60. The summed E-state index contributed by atoms with van der Waals surface area (Å²) in [4.78, 5) is 17.9. The number of rotatable bonds is 3. The van der Waals surface area contributed by atoms with Gasteiger partial charge in [0.05, 0.1) is 25.7 Å². The third kappa shape index (κ3) is 3.27. The first kappa shape index (κ1) is 16.9. The fourth-order valence-corrected chi connectivity index (χ4v) is 4.58. The van der Waals surface area contributed by atoms with Crippen LogP contribution >= 0.6 is 0 Å². The summed E-state index contributed by atoms with van der Waals surface area (Å²) in [6.07, 6.45) is 1.90. The van der Waals surface area contributed by atoms with Crippen molar-refractivity contribution in [3.8, 4) is 5.75 Å². The third-order valence-corrected chi connectivity index (χ3v) is 6.01. The molecule has 5 nitrogen and oxygen atoms in total. The number of benzene rings is 1. The Hall–Kier alpha value is -1.59. The van der Waals surface area contributed by atoms with Crippen LogP contribution in [0, 0.1) is 5.92 Å². The molecule has 0 aliphatic carbocycles. The molecular weight excluding hydrogens is 316 g/mol. The molecule has 1 amide bonds. The number of hydrogen-bond acceptors (Lipinski definition) is 4. The van der Waals surface area contributed by atoms with Gasteiger partial charge < -0.3 is 14.4 Å². The first-order chi connectivity index (χ1) is 12.3. The summed E-state index contributed by atoms with van der Waals surface area (Å²) in [6.45, 7) is 8.23. The van der Waals surface area contributed by atoms with Crippen LogP contribution in [0.5, 0.6) is 5.75 Å². The van der Waals surface area contributed by atoms with Gasteiger partial charge in [-0.25, -0.2) is 0 Å². The zero-order chi connectivity index (χ0) is 17.2. The Morgan fingerprint density at radius 2 is 1.96 bits per heavy atom. The van der Waals surface area contributed by atoms with E-state index >= 15 is 0 Å². The van der Waals surface area contributed by atoms with Crippen LogP contribution in [-0.4, -0.2) is 67.7 Å². The predicted molar refractivity (Wildman–Crippen MR) is 95.8 cm³/mol. The van der Waals surface area contributed by atoms with Gasteiger partial charge in [-0.2, -0.15) is 0 Å². The number of hydrogen-bond donors (Lipinski definition) is 0. The van der Waals surface area contributed by atoms with Crippen molar-refractivity contribution in [2.24, 2.45) is 5.92 Å². The van der Waals surface area contributed by atoms with Gasteiger partial charge in [0.2, 0.25) is 5.91 Å². The molecule has 3 aliphatic heterocycles. The Bertz CT molecular complexity index is 615. The molecule has 0 bridgehead atoms. The van der Waals surface area contributed by atoms with Crippen LogP contribution in [0.4, 0.5) is 0 Å². The van der Waals surface area contributed by atoms with E-state index in [4.69, 9.17) is 9.47 Å². The van der Waals surface area contributed by atoms with Crippen molar-refractivity contribution in [1.29, 1.82) is 0 Å². The van der Waals surface area contributed by atoms with Crippen LogP contribution in [-0.2, 0) is 9.53 Å². The van der Waals surface area contributed by atoms with E-state index in [1.54, 1.807) is 0 Å². The maximum Gasteiger partial charge on any atom is 0.230 e. The van der Waals surface area contributed by atoms with Crippen LogP contribution in [0.15, 0.2) is 24.3 Å². The number of likely N-dealkylation sites (tertiary alicyclic amines) is 1. The van der Waals surface area contributed by atoms with Crippen LogP contribution < -0.4 is 4.74 Å². The molecule has 2 fully saturated rings. The molecule has 0 spiro atoms. The van der Waals surface area contributed by atoms with Crippen molar-refractivity contribution in [3.63, 3.8) is 0 Å². The highest BCUT2D eigenvalue weighted by molar-refractivity contribution is 5.85. The number of ether oxygens (including phenoxy) is 2. The number of morpholine rings is 1. The van der Waals surface area contributed by atoms with E-state index in [0.29, 0.717) is 18.6 Å². The van der Waals surface area contributed by atoms with Crippen molar-refractivity contribution in [3.05, 3.63) is 29.8 Å². The lowest BCUT2D eigenvalue weighted by Gasteiger charge is -2.34. The third-order valence-electron chi connectivity index (χ3n) is 6.01. The average molecular weight is 344 g/mol. The molecule has 25 heavy (non-hydrogen) atoms. The molecule has 3 atom stereocenters. The molecule has 1 aromatic rings. The second kappa shape index (κ2) is 7.34. The summed E-state index contributed by atoms with van der Waals surface area (Å²) in [6, 6.07) is 8.48. The van der Waals surface area contributed by atoms with Crippen LogP contribution in [0.3, 0.4) is 0 Å². The van der Waals surface area contributed by atoms with Crippen molar-refractivity contribution < 1.29 is 14.3 Å². The Morgan fingerprint density at radius 1 is 1.16 bits per heavy atom. The zero-order valence-electron chi connectivity index (χ0n) is 15.0. The molecule has 3 heterocycles. The molecule has 0 saturated carbocycles. The summed E-state index contributed by atoms with van der Waals surface area (Å²) < 4.78 is 11.2. The number of carbonyl (C=O) groups excluding carboxylic acids is 1. The van der Waals surface area contributed by atoms with Gasteiger partial charge in [0.15, 0.2) is 0 Å². The normalized spacial score (nSPS) is 30.0. The fourth-order valence-electron chi connectivity index (χ4n) is 4.58. The molecule has 0 unspecified atom stereocenters. The van der Waals surface area contributed by atoms with Gasteiger partial charge in [-0.1, -0.05) is 31.5 Å². The van der Waals surface area contributed by atoms with E-state index in [1.165, 1.54) is 0 Å². The monoisotopic (exact) mass is 344 g/mol. The van der Waals surface area contributed by atoms with Crippen LogP contribution in [0.1, 0.15) is 31.2 Å². The van der Waals surface area contributed by atoms with Crippen molar-refractivity contribution >= 4 is 5.91 Å². The quantitative estimate of drug-likeness (QED) is 0.842. The van der Waals surface area contributed by atoms with E-state index in [2.05, 4.69) is 16.7 Å². The van der Waals surface area contributed by atoms with Crippen LogP contribution in [0.25, 0.3) is 0 Å². The number of carbonyl (C=O) groups is 1. The molecule has 0 N–H and O–H groups in total. The number of fused-ring (bicyclic) bond motifs is 1. The van der Waals surface area contributed by atoms with E-state index in [0.717, 1.165) is 63.5 Å². The van der Waals surface area contributed by atoms with E-state index in [9.17, 15) is 4.79 Å². The van der Waals surface area contributed by atoms with E-state index in [1.807, 2.05) is 24.3 Å². The lowest BCUT2D eigenvalue weighted by Crippen LogP contribution is -2.47. The second-order valence-electron chi connectivity index (χ2n) is 7.35. The Kier molecular flexibility index (Phi) is 4.95. The van der Waals surface area contributed by atoms with Gasteiger partial charge in [0, 0.05) is 37.8 Å². The summed E-state index contributed by atoms with van der Waals surface area (Å²) >= 11 is 0. The number of para-hydroxylation sites is 1. The molecular formula is C20H28N2O3.